The molecule has 79 heavy (non-hydrogen) atoms. The molecule has 0 spiro atoms. The van der Waals surface area contributed by atoms with E-state index in [1.165, 1.54) is 11.1 Å². The summed E-state index contributed by atoms with van der Waals surface area (Å²) in [6, 6.07) is 39.9. The molecule has 0 aliphatic rings. The fraction of sp³-hybridized carbons (Fsp3) is 0.435. The van der Waals surface area contributed by atoms with Crippen LogP contribution in [0.25, 0.3) is 22.5 Å². The molecule has 2 aromatic heterocycles. The number of nitrogens with zero attached hydrogens (tertiary/aromatic N) is 4. The second kappa shape index (κ2) is 29.4. The van der Waals surface area contributed by atoms with Gasteiger partial charge in [-0.05, 0) is 76.5 Å². The van der Waals surface area contributed by atoms with E-state index in [2.05, 4.69) is 140 Å². The lowest BCUT2D eigenvalue weighted by atomic mass is 9.86. The van der Waals surface area contributed by atoms with E-state index in [1.54, 1.807) is 41.5 Å². The van der Waals surface area contributed by atoms with Gasteiger partial charge in [0.25, 0.3) is 0 Å². The molecule has 6 aromatic rings. The van der Waals surface area contributed by atoms with E-state index in [9.17, 15) is 24.0 Å². The van der Waals surface area contributed by atoms with Gasteiger partial charge in [0.15, 0.2) is 0 Å². The molecule has 0 aliphatic carbocycles. The van der Waals surface area contributed by atoms with Crippen molar-refractivity contribution in [1.29, 1.82) is 0 Å². The number of aldehydes is 1. The molecule has 0 bridgehead atoms. The first-order valence-electron chi connectivity index (χ1n) is 26.8. The third-order valence-electron chi connectivity index (χ3n) is 12.0. The van der Waals surface area contributed by atoms with Crippen LogP contribution >= 0.6 is 0 Å². The van der Waals surface area contributed by atoms with Crippen LogP contribution in [0.3, 0.4) is 0 Å². The first kappa shape index (κ1) is 63.9. The molecular formula is C62H86N10O7. The topological polar surface area (TPSA) is 254 Å². The van der Waals surface area contributed by atoms with Crippen LogP contribution in [0.15, 0.2) is 134 Å². The van der Waals surface area contributed by atoms with Crippen molar-refractivity contribution in [3.8, 4) is 22.5 Å². The van der Waals surface area contributed by atoms with E-state index in [0.29, 0.717) is 25.8 Å². The molecule has 426 valence electrons. The number of nitrogens with one attached hydrogen (secondary N) is 3. The van der Waals surface area contributed by atoms with E-state index in [-0.39, 0.29) is 42.2 Å². The number of ether oxygens (including phenoxy) is 2. The largest absolute Gasteiger partial charge is 0.444 e. The zero-order chi connectivity index (χ0) is 58.6. The highest BCUT2D eigenvalue weighted by Gasteiger charge is 2.32. The van der Waals surface area contributed by atoms with Crippen molar-refractivity contribution >= 4 is 30.3 Å². The van der Waals surface area contributed by atoms with Gasteiger partial charge < -0.3 is 56.6 Å². The molecule has 4 amide bonds. The Labute approximate surface area is 467 Å². The molecule has 17 nitrogen and oxygen atoms in total. The van der Waals surface area contributed by atoms with Crippen molar-refractivity contribution < 1.29 is 33.4 Å². The molecule has 0 aliphatic heterocycles. The molecule has 2 heterocycles. The fourth-order valence-corrected chi connectivity index (χ4v) is 8.19. The van der Waals surface area contributed by atoms with Gasteiger partial charge in [-0.15, -0.1) is 0 Å². The molecule has 0 saturated heterocycles. The fourth-order valence-electron chi connectivity index (χ4n) is 8.19. The zero-order valence-electron chi connectivity index (χ0n) is 48.4. The molecule has 6 rings (SSSR count). The van der Waals surface area contributed by atoms with E-state index >= 15 is 0 Å². The smallest absolute Gasteiger partial charge is 0.407 e. The number of carbonyl (C=O) groups excluding carboxylic acids is 5. The Morgan fingerprint density at radius 2 is 0.937 bits per heavy atom. The number of rotatable bonds is 20. The zero-order valence-corrected chi connectivity index (χ0v) is 48.4. The van der Waals surface area contributed by atoms with Crippen LogP contribution in [0, 0.1) is 10.8 Å². The Morgan fingerprint density at radius 3 is 1.32 bits per heavy atom. The Kier molecular flexibility index (Phi) is 23.8. The molecule has 0 saturated carbocycles. The number of imidazole rings is 2. The normalized spacial score (nSPS) is 13.2. The number of hydrogen-bond acceptors (Lipinski definition) is 11. The third kappa shape index (κ3) is 23.1. The lowest BCUT2D eigenvalue weighted by Crippen LogP contribution is -2.43. The predicted molar refractivity (Wildman–Crippen MR) is 312 cm³/mol. The SMILES string of the molecule is CC(C)(C)OC(=O)N[C@H](CC=O)CC(N)=O.CC(C)(C)OC(=O)N[C@H](CCN[C@@H](c1nc(-c2ccccc2)cn1Cc1ccccc1)C(C)(C)C)CC(N)=O.CC(C)(C)[C@@H](N)c1nc(-c2ccccc2)cn1Cc1ccccc1. The number of alkyl carbamates (subject to hydrolysis) is 2. The molecule has 17 heteroatoms. The van der Waals surface area contributed by atoms with Gasteiger partial charge in [-0.2, -0.15) is 0 Å². The number of primary amides is 2. The summed E-state index contributed by atoms with van der Waals surface area (Å²) in [5, 5.41) is 8.88. The van der Waals surface area contributed by atoms with Gasteiger partial charge in [0.2, 0.25) is 11.8 Å². The van der Waals surface area contributed by atoms with Crippen LogP contribution in [0.2, 0.25) is 0 Å². The van der Waals surface area contributed by atoms with Crippen molar-refractivity contribution in [3.63, 3.8) is 0 Å². The average molecular weight is 1080 g/mol. The maximum absolute atomic E-state index is 12.4. The number of aromatic nitrogens is 4. The van der Waals surface area contributed by atoms with Crippen LogP contribution < -0.4 is 33.2 Å². The van der Waals surface area contributed by atoms with Gasteiger partial charge in [0.05, 0.1) is 23.5 Å². The summed E-state index contributed by atoms with van der Waals surface area (Å²) in [6.07, 6.45) is 4.08. The molecule has 0 fully saturated rings. The van der Waals surface area contributed by atoms with Crippen molar-refractivity contribution in [3.05, 3.63) is 156 Å². The third-order valence-corrected chi connectivity index (χ3v) is 12.0. The van der Waals surface area contributed by atoms with Crippen LogP contribution in [0.1, 0.15) is 144 Å². The predicted octanol–water partition coefficient (Wildman–Crippen LogP) is 10.4. The maximum atomic E-state index is 12.4. The van der Waals surface area contributed by atoms with Gasteiger partial charge in [-0.25, -0.2) is 19.6 Å². The summed E-state index contributed by atoms with van der Waals surface area (Å²) in [4.78, 5) is 66.4. The Hall–Kier alpha value is -7.63. The lowest BCUT2D eigenvalue weighted by molar-refractivity contribution is -0.119. The van der Waals surface area contributed by atoms with Gasteiger partial charge >= 0.3 is 12.2 Å². The van der Waals surface area contributed by atoms with Gasteiger partial charge in [0, 0.05) is 68.0 Å². The second-order valence-corrected chi connectivity index (χ2v) is 23.7. The first-order valence-corrected chi connectivity index (χ1v) is 26.8. The van der Waals surface area contributed by atoms with Crippen LogP contribution in [0.5, 0.6) is 0 Å². The molecule has 0 radical (unpaired) electrons. The van der Waals surface area contributed by atoms with Crippen LogP contribution in [-0.4, -0.2) is 79.2 Å². The summed E-state index contributed by atoms with van der Waals surface area (Å²) in [5.74, 6) is 0.805. The molecular weight excluding hydrogens is 997 g/mol. The van der Waals surface area contributed by atoms with Gasteiger partial charge in [-0.3, -0.25) is 9.59 Å². The van der Waals surface area contributed by atoms with Crippen molar-refractivity contribution in [2.45, 2.75) is 157 Å². The van der Waals surface area contributed by atoms with Crippen LogP contribution in [-0.2, 0) is 36.9 Å². The second-order valence-electron chi connectivity index (χ2n) is 23.7. The van der Waals surface area contributed by atoms with Gasteiger partial charge in [0.1, 0.15) is 29.1 Å². The van der Waals surface area contributed by atoms with E-state index in [4.69, 9.17) is 36.6 Å². The highest BCUT2D eigenvalue weighted by Crippen LogP contribution is 2.35. The number of hydrogen-bond donors (Lipinski definition) is 6. The highest BCUT2D eigenvalue weighted by molar-refractivity contribution is 5.77. The Morgan fingerprint density at radius 1 is 0.557 bits per heavy atom. The quantitative estimate of drug-likeness (QED) is 0.0392. The summed E-state index contributed by atoms with van der Waals surface area (Å²) in [6.45, 7) is 25.5. The minimum Gasteiger partial charge on any atom is -0.444 e. The standard InChI is InChI=1S/C31H43N5O3.C21H25N3.C10H18N2O4/c1-30(2,3)27(33-18-17-24(19-26(32)37)34-29(38)39-31(4,5)6)28-35-25(23-15-11-8-12-16-23)21-36(28)20-22-13-9-7-10-14-22;1-21(2,3)19(22)20-23-18(17-12-8-5-9-13-17)15-24(20)14-16-10-6-4-7-11-16;1-10(2,3)16-9(15)12-7(4-5-13)6-8(11)14/h7-16,21,24,27,33H,17-20H2,1-6H3,(H2,32,37)(H,34,38);4-13,15,19H,14,22H2,1-3H3;5,7H,4,6H2,1-3H3,(H2,11,14)(H,12,15)/t24-,27+;19-;7-/m101/s1. The van der Waals surface area contributed by atoms with Gasteiger partial charge in [-0.1, -0.05) is 163 Å². The Balaban J connectivity index is 0.000000285. The number of benzene rings is 4. The van der Waals surface area contributed by atoms with E-state index in [1.807, 2.05) is 60.7 Å². The molecule has 0 unspecified atom stereocenters. The summed E-state index contributed by atoms with van der Waals surface area (Å²) in [5.41, 5.74) is 22.0. The monoisotopic (exact) mass is 1080 g/mol. The number of amides is 4. The van der Waals surface area contributed by atoms with Crippen LogP contribution in [0.4, 0.5) is 9.59 Å². The highest BCUT2D eigenvalue weighted by atomic mass is 16.6. The summed E-state index contributed by atoms with van der Waals surface area (Å²) >= 11 is 0. The summed E-state index contributed by atoms with van der Waals surface area (Å²) < 4.78 is 14.8. The molecule has 4 atom stereocenters. The maximum Gasteiger partial charge on any atom is 0.407 e. The van der Waals surface area contributed by atoms with Crippen molar-refractivity contribution in [1.82, 2.24) is 35.1 Å². The number of nitrogens with two attached hydrogens (primary N) is 3. The number of carbonyl (C=O) groups is 5. The minimum atomic E-state index is -0.666. The molecule has 9 N–H and O–H groups in total. The van der Waals surface area contributed by atoms with E-state index < -0.39 is 47.3 Å². The van der Waals surface area contributed by atoms with E-state index in [0.717, 1.165) is 40.7 Å². The summed E-state index contributed by atoms with van der Waals surface area (Å²) in [7, 11) is 0. The Bertz CT molecular complexity index is 2830. The molecule has 4 aromatic carbocycles. The average Bonchev–Trinajstić information content (AvgIpc) is 3.98. The first-order chi connectivity index (χ1) is 37.0. The van der Waals surface area contributed by atoms with Crippen molar-refractivity contribution in [2.24, 2.45) is 28.0 Å². The lowest BCUT2D eigenvalue weighted by Gasteiger charge is -2.32. The minimum absolute atomic E-state index is 0.0297. The van der Waals surface area contributed by atoms with Crippen molar-refractivity contribution in [2.75, 3.05) is 6.54 Å².